The van der Waals surface area contributed by atoms with Crippen LogP contribution in [0.5, 0.6) is 0 Å². The molecule has 0 spiro atoms. The van der Waals surface area contributed by atoms with Gasteiger partial charge < -0.3 is 15.0 Å². The first-order chi connectivity index (χ1) is 9.63. The van der Waals surface area contributed by atoms with E-state index in [1.165, 1.54) is 0 Å². The molecule has 3 heterocycles. The Hall–Kier alpha value is -2.63. The van der Waals surface area contributed by atoms with Crippen LogP contribution in [0, 0.1) is 6.92 Å². The fraction of sp³-hybridized carbons (Fsp3) is 0.214. The van der Waals surface area contributed by atoms with Gasteiger partial charge in [-0.2, -0.15) is 0 Å². The second-order valence-electron chi connectivity index (χ2n) is 4.77. The van der Waals surface area contributed by atoms with Crippen molar-refractivity contribution in [1.29, 1.82) is 0 Å². The summed E-state index contributed by atoms with van der Waals surface area (Å²) in [6.45, 7) is 2.63. The van der Waals surface area contributed by atoms with Crippen molar-refractivity contribution in [2.24, 2.45) is 0 Å². The van der Waals surface area contributed by atoms with Gasteiger partial charge in [0.15, 0.2) is 11.5 Å². The zero-order valence-corrected chi connectivity index (χ0v) is 11.5. The van der Waals surface area contributed by atoms with Gasteiger partial charge in [-0.3, -0.25) is 4.98 Å². The number of pyridine rings is 1. The highest BCUT2D eigenvalue weighted by Gasteiger charge is 2.12. The Bertz CT molecular complexity index is 748. The van der Waals surface area contributed by atoms with E-state index in [9.17, 15) is 0 Å². The Morgan fingerprint density at radius 2 is 2.15 bits per heavy atom. The summed E-state index contributed by atoms with van der Waals surface area (Å²) >= 11 is 0. The van der Waals surface area contributed by atoms with Crippen LogP contribution in [0.2, 0.25) is 0 Å². The summed E-state index contributed by atoms with van der Waals surface area (Å²) in [5.41, 5.74) is 8.61. The number of imidazole rings is 1. The fourth-order valence-corrected chi connectivity index (χ4v) is 2.20. The number of fused-ring (bicyclic) bond motifs is 1. The molecule has 20 heavy (non-hydrogen) atoms. The molecule has 3 aromatic rings. The molecular formula is C14H16N6. The number of rotatable bonds is 3. The summed E-state index contributed by atoms with van der Waals surface area (Å²) in [7, 11) is 1.96. The lowest BCUT2D eigenvalue weighted by molar-refractivity contribution is 0.857. The van der Waals surface area contributed by atoms with Gasteiger partial charge in [0.2, 0.25) is 0 Å². The highest BCUT2D eigenvalue weighted by molar-refractivity contribution is 5.65. The zero-order valence-electron chi connectivity index (χ0n) is 11.5. The van der Waals surface area contributed by atoms with E-state index in [-0.39, 0.29) is 0 Å². The Morgan fingerprint density at radius 3 is 2.95 bits per heavy atom. The first-order valence-corrected chi connectivity index (χ1v) is 6.36. The number of nitrogens with two attached hydrogens (primary N) is 1. The number of nitrogens with zero attached hydrogens (tertiary/aromatic N) is 5. The van der Waals surface area contributed by atoms with Crippen molar-refractivity contribution in [2.75, 3.05) is 17.7 Å². The smallest absolute Gasteiger partial charge is 0.180 e. The highest BCUT2D eigenvalue weighted by Crippen LogP contribution is 2.19. The van der Waals surface area contributed by atoms with Crippen molar-refractivity contribution in [3.05, 3.63) is 48.2 Å². The molecule has 0 aromatic carbocycles. The van der Waals surface area contributed by atoms with Crippen LogP contribution >= 0.6 is 0 Å². The standard InChI is InChI=1S/C14H16N6/c1-10-4-3-5-11(17-10)8-19(2)14-13-16-6-7-20(13)9-12(15)18-14/h3-7,9H,8,15H2,1-2H3. The quantitative estimate of drug-likeness (QED) is 0.782. The molecule has 6 heteroatoms. The van der Waals surface area contributed by atoms with Crippen molar-refractivity contribution < 1.29 is 0 Å². The summed E-state index contributed by atoms with van der Waals surface area (Å²) in [5, 5.41) is 0. The van der Waals surface area contributed by atoms with E-state index in [0.29, 0.717) is 12.4 Å². The second kappa shape index (κ2) is 4.80. The molecule has 0 aliphatic heterocycles. The lowest BCUT2D eigenvalue weighted by Crippen LogP contribution is -2.20. The van der Waals surface area contributed by atoms with Gasteiger partial charge in [0.1, 0.15) is 5.82 Å². The van der Waals surface area contributed by atoms with Gasteiger partial charge in [0, 0.05) is 25.1 Å². The van der Waals surface area contributed by atoms with Crippen LogP contribution in [0.1, 0.15) is 11.4 Å². The van der Waals surface area contributed by atoms with E-state index in [1.54, 1.807) is 12.4 Å². The van der Waals surface area contributed by atoms with Gasteiger partial charge in [-0.1, -0.05) is 6.07 Å². The molecule has 102 valence electrons. The molecule has 0 fully saturated rings. The third-order valence-electron chi connectivity index (χ3n) is 3.08. The van der Waals surface area contributed by atoms with Crippen molar-refractivity contribution in [1.82, 2.24) is 19.4 Å². The lowest BCUT2D eigenvalue weighted by atomic mass is 10.3. The topological polar surface area (TPSA) is 72.3 Å². The lowest BCUT2D eigenvalue weighted by Gasteiger charge is -2.18. The first-order valence-electron chi connectivity index (χ1n) is 6.36. The summed E-state index contributed by atoms with van der Waals surface area (Å²) in [6.07, 6.45) is 5.35. The minimum atomic E-state index is 0.467. The Morgan fingerprint density at radius 1 is 1.30 bits per heavy atom. The van der Waals surface area contributed by atoms with Crippen LogP contribution < -0.4 is 10.6 Å². The number of hydrogen-bond acceptors (Lipinski definition) is 5. The molecular weight excluding hydrogens is 252 g/mol. The van der Waals surface area contributed by atoms with Gasteiger partial charge in [-0.15, -0.1) is 0 Å². The van der Waals surface area contributed by atoms with Gasteiger partial charge in [-0.05, 0) is 19.1 Å². The molecule has 6 nitrogen and oxygen atoms in total. The number of anilines is 2. The molecule has 0 aliphatic rings. The monoisotopic (exact) mass is 268 g/mol. The van der Waals surface area contributed by atoms with Crippen molar-refractivity contribution in [3.63, 3.8) is 0 Å². The minimum Gasteiger partial charge on any atom is -0.382 e. The van der Waals surface area contributed by atoms with Crippen LogP contribution in [-0.4, -0.2) is 26.4 Å². The number of aromatic nitrogens is 4. The van der Waals surface area contributed by atoms with Crippen molar-refractivity contribution in [2.45, 2.75) is 13.5 Å². The summed E-state index contributed by atoms with van der Waals surface area (Å²) in [5.74, 6) is 1.22. The fourth-order valence-electron chi connectivity index (χ4n) is 2.20. The van der Waals surface area contributed by atoms with Crippen LogP contribution in [0.25, 0.3) is 5.65 Å². The molecule has 0 bridgehead atoms. The maximum Gasteiger partial charge on any atom is 0.180 e. The van der Waals surface area contributed by atoms with E-state index in [2.05, 4.69) is 15.0 Å². The molecule has 0 amide bonds. The largest absolute Gasteiger partial charge is 0.382 e. The maximum atomic E-state index is 5.84. The van der Waals surface area contributed by atoms with Gasteiger partial charge in [0.05, 0.1) is 18.4 Å². The number of nitrogen functional groups attached to an aromatic ring is 1. The molecule has 3 aromatic heterocycles. The van der Waals surface area contributed by atoms with Crippen LogP contribution in [0.15, 0.2) is 36.8 Å². The number of hydrogen-bond donors (Lipinski definition) is 1. The van der Waals surface area contributed by atoms with Crippen molar-refractivity contribution >= 4 is 17.3 Å². The molecule has 0 saturated carbocycles. The first kappa shape index (κ1) is 12.4. The van der Waals surface area contributed by atoms with Gasteiger partial charge in [-0.25, -0.2) is 9.97 Å². The summed E-state index contributed by atoms with van der Waals surface area (Å²) < 4.78 is 1.87. The average molecular weight is 268 g/mol. The third kappa shape index (κ3) is 2.27. The van der Waals surface area contributed by atoms with E-state index < -0.39 is 0 Å². The van der Waals surface area contributed by atoms with Crippen LogP contribution in [0.4, 0.5) is 11.6 Å². The molecule has 0 aliphatic carbocycles. The average Bonchev–Trinajstić information content (AvgIpc) is 2.85. The molecule has 0 radical (unpaired) electrons. The van der Waals surface area contributed by atoms with E-state index in [4.69, 9.17) is 5.73 Å². The molecule has 0 atom stereocenters. The minimum absolute atomic E-state index is 0.467. The van der Waals surface area contributed by atoms with Crippen molar-refractivity contribution in [3.8, 4) is 0 Å². The summed E-state index contributed by atoms with van der Waals surface area (Å²) in [4.78, 5) is 15.2. The maximum absolute atomic E-state index is 5.84. The Labute approximate surface area is 116 Å². The molecule has 0 unspecified atom stereocenters. The highest BCUT2D eigenvalue weighted by atomic mass is 15.2. The molecule has 2 N–H and O–H groups in total. The second-order valence-corrected chi connectivity index (χ2v) is 4.77. The zero-order chi connectivity index (χ0) is 14.1. The van der Waals surface area contributed by atoms with Crippen LogP contribution in [-0.2, 0) is 6.54 Å². The van der Waals surface area contributed by atoms with Gasteiger partial charge >= 0.3 is 0 Å². The molecule has 0 saturated heterocycles. The predicted molar refractivity (Wildman–Crippen MR) is 78.5 cm³/mol. The summed E-state index contributed by atoms with van der Waals surface area (Å²) in [6, 6.07) is 5.98. The predicted octanol–water partition coefficient (Wildman–Crippen LogP) is 1.65. The SMILES string of the molecule is Cc1cccc(CN(C)c2nc(N)cn3ccnc23)n1. The Kier molecular flexibility index (Phi) is 2.98. The Balaban J connectivity index is 1.96. The van der Waals surface area contributed by atoms with Crippen LogP contribution in [0.3, 0.4) is 0 Å². The third-order valence-corrected chi connectivity index (χ3v) is 3.08. The number of aryl methyl sites for hydroxylation is 1. The van der Waals surface area contributed by atoms with Gasteiger partial charge in [0.25, 0.3) is 0 Å². The van der Waals surface area contributed by atoms with E-state index in [1.807, 2.05) is 47.7 Å². The normalized spacial score (nSPS) is 10.9. The van der Waals surface area contributed by atoms with E-state index >= 15 is 0 Å². The molecule has 3 rings (SSSR count). The van der Waals surface area contributed by atoms with E-state index in [0.717, 1.165) is 22.9 Å².